The molecule has 5 heteroatoms. The van der Waals surface area contributed by atoms with Gasteiger partial charge in [0.25, 0.3) is 0 Å². The van der Waals surface area contributed by atoms with Crippen LogP contribution in [0.3, 0.4) is 0 Å². The summed E-state index contributed by atoms with van der Waals surface area (Å²) in [6, 6.07) is 11.7. The van der Waals surface area contributed by atoms with Crippen molar-refractivity contribution in [3.05, 3.63) is 65.1 Å². The highest BCUT2D eigenvalue weighted by Gasteiger charge is 2.47. The molecule has 0 bridgehead atoms. The number of anilines is 1. The van der Waals surface area contributed by atoms with Crippen molar-refractivity contribution >= 4 is 11.3 Å². The summed E-state index contributed by atoms with van der Waals surface area (Å²) in [5, 5.41) is 14.8. The minimum Gasteiger partial charge on any atom is -0.385 e. The molecule has 0 spiro atoms. The van der Waals surface area contributed by atoms with Crippen molar-refractivity contribution in [2.75, 3.05) is 12.4 Å². The van der Waals surface area contributed by atoms with Gasteiger partial charge in [0.05, 0.1) is 17.4 Å². The third-order valence-corrected chi connectivity index (χ3v) is 5.36. The second kappa shape index (κ2) is 5.58. The van der Waals surface area contributed by atoms with Crippen LogP contribution in [0.5, 0.6) is 0 Å². The third kappa shape index (κ3) is 2.27. The van der Waals surface area contributed by atoms with Crippen LogP contribution in [-0.4, -0.2) is 27.2 Å². The van der Waals surface area contributed by atoms with Crippen molar-refractivity contribution in [1.82, 2.24) is 9.38 Å². The molecular weight excluding hydrogens is 314 g/mol. The monoisotopic (exact) mass is 337 g/mol. The molecule has 0 amide bonds. The van der Waals surface area contributed by atoms with Crippen LogP contribution in [0.25, 0.3) is 5.65 Å². The van der Waals surface area contributed by atoms with Gasteiger partial charge in [-0.1, -0.05) is 30.3 Å². The lowest BCUT2D eigenvalue weighted by Gasteiger charge is -2.44. The van der Waals surface area contributed by atoms with Gasteiger partial charge in [-0.05, 0) is 32.4 Å². The average molecular weight is 337 g/mol. The van der Waals surface area contributed by atoms with Crippen molar-refractivity contribution in [2.45, 2.75) is 38.5 Å². The first-order valence-electron chi connectivity index (χ1n) is 8.50. The van der Waals surface area contributed by atoms with E-state index in [4.69, 9.17) is 9.72 Å². The Hall–Kier alpha value is -2.37. The van der Waals surface area contributed by atoms with E-state index >= 15 is 0 Å². The van der Waals surface area contributed by atoms with E-state index in [0.717, 1.165) is 33.8 Å². The van der Waals surface area contributed by atoms with Crippen LogP contribution in [0, 0.1) is 13.8 Å². The molecule has 3 heterocycles. The van der Waals surface area contributed by atoms with Crippen molar-refractivity contribution in [2.24, 2.45) is 0 Å². The predicted molar refractivity (Wildman–Crippen MR) is 97.8 cm³/mol. The average Bonchev–Trinajstić information content (AvgIpc) is 2.89. The number of methoxy groups -OCH3 is 1. The van der Waals surface area contributed by atoms with E-state index in [9.17, 15) is 5.11 Å². The smallest absolute Gasteiger partial charge is 0.161 e. The van der Waals surface area contributed by atoms with E-state index in [-0.39, 0.29) is 6.04 Å². The molecule has 3 atom stereocenters. The van der Waals surface area contributed by atoms with Gasteiger partial charge in [0.15, 0.2) is 5.65 Å². The van der Waals surface area contributed by atoms with E-state index in [1.165, 1.54) is 0 Å². The van der Waals surface area contributed by atoms with Gasteiger partial charge in [-0.15, -0.1) is 0 Å². The van der Waals surface area contributed by atoms with Crippen LogP contribution < -0.4 is 5.32 Å². The number of imidazole rings is 1. The highest BCUT2D eigenvalue weighted by atomic mass is 16.5. The summed E-state index contributed by atoms with van der Waals surface area (Å²) in [7, 11) is 1.64. The molecule has 3 aromatic rings. The Kier molecular flexibility index (Phi) is 3.60. The number of nitrogens with one attached hydrogen (secondary N) is 1. The summed E-state index contributed by atoms with van der Waals surface area (Å²) in [5.74, 6) is 0. The predicted octanol–water partition coefficient (Wildman–Crippen LogP) is 3.56. The molecule has 1 aliphatic rings. The van der Waals surface area contributed by atoms with Gasteiger partial charge in [0.1, 0.15) is 11.7 Å². The molecule has 4 rings (SSSR count). The van der Waals surface area contributed by atoms with Crippen LogP contribution in [0.15, 0.2) is 42.6 Å². The Bertz CT molecular complexity index is 931. The molecular formula is C20H23N3O2. The molecule has 0 aliphatic carbocycles. The highest BCUT2D eigenvalue weighted by Crippen LogP contribution is 2.48. The fourth-order valence-corrected chi connectivity index (χ4v) is 3.91. The van der Waals surface area contributed by atoms with Crippen LogP contribution >= 0.6 is 0 Å². The second-order valence-electron chi connectivity index (χ2n) is 6.95. The fraction of sp³-hybridized carbons (Fsp3) is 0.350. The van der Waals surface area contributed by atoms with E-state index in [1.54, 1.807) is 7.11 Å². The molecule has 0 saturated heterocycles. The van der Waals surface area contributed by atoms with Gasteiger partial charge >= 0.3 is 0 Å². The summed E-state index contributed by atoms with van der Waals surface area (Å²) in [6.07, 6.45) is 1.55. The first-order valence-corrected chi connectivity index (χ1v) is 8.50. The number of nitrogens with zero attached hydrogens (tertiary/aromatic N) is 2. The van der Waals surface area contributed by atoms with Gasteiger partial charge in [-0.25, -0.2) is 4.98 Å². The topological polar surface area (TPSA) is 58.8 Å². The third-order valence-electron chi connectivity index (χ3n) is 5.36. The molecule has 0 fully saturated rings. The van der Waals surface area contributed by atoms with Crippen molar-refractivity contribution in [3.63, 3.8) is 0 Å². The van der Waals surface area contributed by atoms with E-state index < -0.39 is 11.7 Å². The molecule has 0 saturated carbocycles. The SMILES string of the molecule is CO[C@@H]1c2ccn3c(C)c(C)nc3c2N[C@H](c2ccccc2)[C@]1(C)O. The quantitative estimate of drug-likeness (QED) is 0.751. The lowest BCUT2D eigenvalue weighted by molar-refractivity contribution is -0.0996. The lowest BCUT2D eigenvalue weighted by atomic mass is 9.79. The Morgan fingerprint density at radius 3 is 2.60 bits per heavy atom. The first-order chi connectivity index (χ1) is 11.9. The second-order valence-corrected chi connectivity index (χ2v) is 6.95. The summed E-state index contributed by atoms with van der Waals surface area (Å²) < 4.78 is 7.82. The molecule has 1 aromatic carbocycles. The Morgan fingerprint density at radius 1 is 1.20 bits per heavy atom. The first kappa shape index (κ1) is 16.1. The molecule has 0 unspecified atom stereocenters. The summed E-state index contributed by atoms with van der Waals surface area (Å²) in [6.45, 7) is 5.89. The van der Waals surface area contributed by atoms with Crippen molar-refractivity contribution in [1.29, 1.82) is 0 Å². The molecule has 5 nitrogen and oxygen atoms in total. The number of pyridine rings is 1. The molecule has 2 aromatic heterocycles. The lowest BCUT2D eigenvalue weighted by Crippen LogP contribution is -2.47. The van der Waals surface area contributed by atoms with Gasteiger partial charge in [0.2, 0.25) is 0 Å². The maximum atomic E-state index is 11.3. The van der Waals surface area contributed by atoms with Crippen LogP contribution in [0.2, 0.25) is 0 Å². The Morgan fingerprint density at radius 2 is 1.92 bits per heavy atom. The number of hydrogen-bond donors (Lipinski definition) is 2. The summed E-state index contributed by atoms with van der Waals surface area (Å²) >= 11 is 0. The van der Waals surface area contributed by atoms with Crippen LogP contribution in [0.4, 0.5) is 5.69 Å². The fourth-order valence-electron chi connectivity index (χ4n) is 3.91. The maximum Gasteiger partial charge on any atom is 0.161 e. The molecule has 0 radical (unpaired) electrons. The van der Waals surface area contributed by atoms with Crippen molar-refractivity contribution in [3.8, 4) is 0 Å². The van der Waals surface area contributed by atoms with Crippen LogP contribution in [-0.2, 0) is 4.74 Å². The highest BCUT2D eigenvalue weighted by molar-refractivity contribution is 5.75. The van der Waals surface area contributed by atoms with Gasteiger partial charge in [-0.3, -0.25) is 0 Å². The van der Waals surface area contributed by atoms with Crippen molar-refractivity contribution < 1.29 is 9.84 Å². The maximum absolute atomic E-state index is 11.3. The minimum absolute atomic E-state index is 0.297. The molecule has 130 valence electrons. The number of aliphatic hydroxyl groups is 1. The molecule has 25 heavy (non-hydrogen) atoms. The summed E-state index contributed by atoms with van der Waals surface area (Å²) in [5.41, 5.74) is 4.74. The Balaban J connectivity index is 1.96. The largest absolute Gasteiger partial charge is 0.385 e. The standard InChI is InChI=1S/C20H23N3O2/c1-12-13(2)23-11-10-15-16(19(23)21-12)22-17(14-8-6-5-7-9-14)20(3,24)18(15)25-4/h5-11,17-18,22,24H,1-4H3/t17-,18-,20+/m1/s1. The summed E-state index contributed by atoms with van der Waals surface area (Å²) in [4.78, 5) is 4.73. The number of benzene rings is 1. The van der Waals surface area contributed by atoms with E-state index in [0.29, 0.717) is 0 Å². The Labute approximate surface area is 147 Å². The van der Waals surface area contributed by atoms with E-state index in [1.807, 2.05) is 56.4 Å². The number of aryl methyl sites for hydroxylation is 2. The molecule has 2 N–H and O–H groups in total. The normalized spacial score (nSPS) is 25.6. The number of ether oxygens (including phenoxy) is 1. The van der Waals surface area contributed by atoms with Gasteiger partial charge in [0, 0.05) is 24.6 Å². The molecule has 1 aliphatic heterocycles. The zero-order valence-corrected chi connectivity index (χ0v) is 14.9. The minimum atomic E-state index is -1.10. The van der Waals surface area contributed by atoms with E-state index in [2.05, 4.69) is 16.6 Å². The van der Waals surface area contributed by atoms with Crippen LogP contribution in [0.1, 0.15) is 41.6 Å². The zero-order valence-electron chi connectivity index (χ0n) is 14.9. The van der Waals surface area contributed by atoms with Gasteiger partial charge in [-0.2, -0.15) is 0 Å². The number of fused-ring (bicyclic) bond motifs is 3. The zero-order chi connectivity index (χ0) is 17.8. The van der Waals surface area contributed by atoms with Gasteiger partial charge < -0.3 is 19.6 Å². The number of hydrogen-bond acceptors (Lipinski definition) is 4. The number of aromatic nitrogens is 2. The number of rotatable bonds is 2.